The third-order valence-electron chi connectivity index (χ3n) is 0.813. The molecule has 1 rings (SSSR count). The molecule has 0 aliphatic carbocycles. The van der Waals surface area contributed by atoms with Crippen molar-refractivity contribution in [1.29, 1.82) is 0 Å². The Bertz CT molecular complexity index is 154. The van der Waals surface area contributed by atoms with Crippen molar-refractivity contribution < 1.29 is 17.1 Å². The fourth-order valence-corrected chi connectivity index (χ4v) is 0.617. The van der Waals surface area contributed by atoms with Gasteiger partial charge in [0, 0.05) is 10.5 Å². The van der Waals surface area contributed by atoms with Gasteiger partial charge in [0.1, 0.15) is 6.20 Å². The Morgan fingerprint density at radius 1 is 1.67 bits per heavy atom. The van der Waals surface area contributed by atoms with Crippen molar-refractivity contribution in [3.8, 4) is 0 Å². The standard InChI is InChI=1S/C5H6BrN2.ClH/c1-8-3-2-5(6)4-7-8;/h2-4H,1H3;1H/q+1;/p-1. The van der Waals surface area contributed by atoms with Crippen LogP contribution in [0.2, 0.25) is 0 Å². The molecular weight excluding hydrogens is 203 g/mol. The van der Waals surface area contributed by atoms with E-state index in [9.17, 15) is 0 Å². The number of aryl methyl sites for hydroxylation is 1. The zero-order valence-corrected chi connectivity index (χ0v) is 7.22. The number of rotatable bonds is 0. The maximum absolute atomic E-state index is 3.95. The Balaban J connectivity index is 0.000000640. The third-order valence-corrected chi connectivity index (χ3v) is 1.28. The Kier molecular flexibility index (Phi) is 3.73. The lowest BCUT2D eigenvalue weighted by molar-refractivity contribution is -0.731. The van der Waals surface area contributed by atoms with Crippen LogP contribution in [-0.4, -0.2) is 5.10 Å². The van der Waals surface area contributed by atoms with E-state index in [1.54, 1.807) is 10.9 Å². The fraction of sp³-hybridized carbons (Fsp3) is 0.200. The van der Waals surface area contributed by atoms with E-state index >= 15 is 0 Å². The van der Waals surface area contributed by atoms with Gasteiger partial charge in [0.15, 0.2) is 13.2 Å². The largest absolute Gasteiger partial charge is 1.00 e. The van der Waals surface area contributed by atoms with Gasteiger partial charge < -0.3 is 12.4 Å². The highest BCUT2D eigenvalue weighted by Crippen LogP contribution is 2.01. The minimum atomic E-state index is 0. The molecule has 1 heterocycles. The third kappa shape index (κ3) is 2.77. The fourth-order valence-electron chi connectivity index (χ4n) is 0.407. The molecular formula is C5H6BrClN2. The van der Waals surface area contributed by atoms with E-state index in [2.05, 4.69) is 21.0 Å². The van der Waals surface area contributed by atoms with Crippen LogP contribution in [0, 0.1) is 0 Å². The molecule has 0 saturated heterocycles. The molecule has 1 aromatic heterocycles. The summed E-state index contributed by atoms with van der Waals surface area (Å²) in [5, 5.41) is 3.95. The van der Waals surface area contributed by atoms with Crippen molar-refractivity contribution in [2.24, 2.45) is 7.05 Å². The summed E-state index contributed by atoms with van der Waals surface area (Å²) < 4.78 is 2.75. The van der Waals surface area contributed by atoms with Gasteiger partial charge in [0.05, 0.1) is 0 Å². The van der Waals surface area contributed by atoms with Gasteiger partial charge in [-0.05, 0) is 21.0 Å². The van der Waals surface area contributed by atoms with Crippen LogP contribution in [0.25, 0.3) is 0 Å². The molecule has 0 radical (unpaired) electrons. The van der Waals surface area contributed by atoms with Crippen LogP contribution in [0.3, 0.4) is 0 Å². The molecule has 50 valence electrons. The molecule has 0 bridgehead atoms. The van der Waals surface area contributed by atoms with Crippen molar-refractivity contribution in [2.45, 2.75) is 0 Å². The Morgan fingerprint density at radius 2 is 2.33 bits per heavy atom. The summed E-state index contributed by atoms with van der Waals surface area (Å²) in [6, 6.07) is 1.94. The maximum atomic E-state index is 3.95. The number of nitrogens with zero attached hydrogens (tertiary/aromatic N) is 2. The number of aromatic nitrogens is 2. The number of hydrogen-bond donors (Lipinski definition) is 0. The van der Waals surface area contributed by atoms with E-state index in [0.717, 1.165) is 4.47 Å². The average molecular weight is 209 g/mol. The van der Waals surface area contributed by atoms with E-state index in [0.29, 0.717) is 0 Å². The van der Waals surface area contributed by atoms with Crippen LogP contribution < -0.4 is 17.1 Å². The predicted octanol–water partition coefficient (Wildman–Crippen LogP) is -2.33. The summed E-state index contributed by atoms with van der Waals surface area (Å²) in [5.74, 6) is 0. The van der Waals surface area contributed by atoms with Crippen molar-refractivity contribution in [1.82, 2.24) is 5.10 Å². The Labute approximate surface area is 68.4 Å². The lowest BCUT2D eigenvalue weighted by Crippen LogP contribution is -3.00. The van der Waals surface area contributed by atoms with Crippen molar-refractivity contribution >= 4 is 15.9 Å². The monoisotopic (exact) mass is 208 g/mol. The van der Waals surface area contributed by atoms with Crippen molar-refractivity contribution in [2.75, 3.05) is 0 Å². The Morgan fingerprint density at radius 3 is 2.67 bits per heavy atom. The maximum Gasteiger partial charge on any atom is 0.197 e. The lowest BCUT2D eigenvalue weighted by Gasteiger charge is -1.81. The van der Waals surface area contributed by atoms with E-state index in [4.69, 9.17) is 0 Å². The second kappa shape index (κ2) is 3.80. The summed E-state index contributed by atoms with van der Waals surface area (Å²) in [4.78, 5) is 0. The van der Waals surface area contributed by atoms with Crippen LogP contribution in [-0.2, 0) is 7.05 Å². The first kappa shape index (κ1) is 8.85. The molecule has 2 nitrogen and oxygen atoms in total. The highest BCUT2D eigenvalue weighted by atomic mass is 79.9. The summed E-state index contributed by atoms with van der Waals surface area (Å²) in [6.45, 7) is 0. The van der Waals surface area contributed by atoms with E-state index < -0.39 is 0 Å². The summed E-state index contributed by atoms with van der Waals surface area (Å²) in [6.07, 6.45) is 3.63. The molecule has 0 unspecified atom stereocenters. The van der Waals surface area contributed by atoms with Gasteiger partial charge in [-0.2, -0.15) is 0 Å². The van der Waals surface area contributed by atoms with Crippen molar-refractivity contribution in [3.05, 3.63) is 22.9 Å². The van der Waals surface area contributed by atoms with E-state index in [-0.39, 0.29) is 12.4 Å². The molecule has 4 heteroatoms. The molecule has 9 heavy (non-hydrogen) atoms. The smallest absolute Gasteiger partial charge is 0.197 e. The normalized spacial score (nSPS) is 8.22. The zero-order chi connectivity index (χ0) is 5.98. The van der Waals surface area contributed by atoms with Gasteiger partial charge in [-0.15, -0.1) is 0 Å². The first-order valence-corrected chi connectivity index (χ1v) is 3.06. The highest BCUT2D eigenvalue weighted by Gasteiger charge is 1.89. The SMILES string of the molecule is C[n+]1ccc(Br)cn1.[Cl-]. The van der Waals surface area contributed by atoms with Crippen molar-refractivity contribution in [3.63, 3.8) is 0 Å². The molecule has 0 fully saturated rings. The number of hydrogen-bond acceptors (Lipinski definition) is 1. The molecule has 0 amide bonds. The average Bonchev–Trinajstić information content (AvgIpc) is 1.77. The van der Waals surface area contributed by atoms with Gasteiger partial charge in [-0.1, -0.05) is 4.68 Å². The van der Waals surface area contributed by atoms with Gasteiger partial charge >= 0.3 is 0 Å². The predicted molar refractivity (Wildman–Crippen MR) is 33.1 cm³/mol. The molecule has 0 aliphatic heterocycles. The van der Waals surface area contributed by atoms with Crippen LogP contribution in [0.5, 0.6) is 0 Å². The summed E-state index contributed by atoms with van der Waals surface area (Å²) in [7, 11) is 1.88. The number of halogens is 2. The van der Waals surface area contributed by atoms with Gasteiger partial charge in [-0.3, -0.25) is 0 Å². The van der Waals surface area contributed by atoms with E-state index in [1.807, 2.05) is 19.3 Å². The summed E-state index contributed by atoms with van der Waals surface area (Å²) in [5.41, 5.74) is 0. The molecule has 0 atom stereocenters. The quantitative estimate of drug-likeness (QED) is 0.438. The molecule has 1 aromatic rings. The van der Waals surface area contributed by atoms with E-state index in [1.165, 1.54) is 0 Å². The zero-order valence-electron chi connectivity index (χ0n) is 4.88. The highest BCUT2D eigenvalue weighted by molar-refractivity contribution is 9.10. The van der Waals surface area contributed by atoms with Gasteiger partial charge in [-0.25, -0.2) is 0 Å². The van der Waals surface area contributed by atoms with Gasteiger partial charge in [0.25, 0.3) is 0 Å². The second-order valence-corrected chi connectivity index (χ2v) is 2.43. The molecule has 0 aromatic carbocycles. The lowest BCUT2D eigenvalue weighted by atomic mass is 10.6. The molecule has 0 aliphatic rings. The van der Waals surface area contributed by atoms with Gasteiger partial charge in [0.2, 0.25) is 0 Å². The first-order chi connectivity index (χ1) is 3.79. The Hall–Kier alpha value is -0.150. The minimum Gasteiger partial charge on any atom is -1.00 e. The molecule has 0 saturated carbocycles. The van der Waals surface area contributed by atoms with Crippen LogP contribution in [0.15, 0.2) is 22.9 Å². The molecule has 0 spiro atoms. The molecule has 0 N–H and O–H groups in total. The van der Waals surface area contributed by atoms with Crippen LogP contribution >= 0.6 is 15.9 Å². The topological polar surface area (TPSA) is 16.8 Å². The second-order valence-electron chi connectivity index (χ2n) is 1.52. The minimum absolute atomic E-state index is 0. The summed E-state index contributed by atoms with van der Waals surface area (Å²) >= 11 is 3.27. The van der Waals surface area contributed by atoms with Crippen LogP contribution in [0.1, 0.15) is 0 Å². The van der Waals surface area contributed by atoms with Crippen LogP contribution in [0.4, 0.5) is 0 Å². The first-order valence-electron chi connectivity index (χ1n) is 2.26.